The minimum Gasteiger partial charge on any atom is -0.392 e. The Hall–Kier alpha value is -1.72. The normalized spacial score (nSPS) is 39.2. The van der Waals surface area contributed by atoms with Crippen LogP contribution in [0.5, 0.6) is 0 Å². The molecule has 4 fully saturated rings. The molecule has 142 valence electrons. The highest BCUT2D eigenvalue weighted by Crippen LogP contribution is 2.65. The Balaban J connectivity index is 1.88. The van der Waals surface area contributed by atoms with Gasteiger partial charge in [0.1, 0.15) is 0 Å². The Kier molecular flexibility index (Phi) is 4.40. The summed E-state index contributed by atoms with van der Waals surface area (Å²) < 4.78 is 10.1. The molecule has 2 saturated heterocycles. The van der Waals surface area contributed by atoms with Gasteiger partial charge in [0.05, 0.1) is 11.3 Å². The maximum atomic E-state index is 13.1. The third-order valence-corrected chi connectivity index (χ3v) is 7.26. The molecule has 0 bridgehead atoms. The molecule has 1 spiro atoms. The van der Waals surface area contributed by atoms with E-state index in [4.69, 9.17) is 9.47 Å². The van der Waals surface area contributed by atoms with Gasteiger partial charge in [-0.1, -0.05) is 51.4 Å². The van der Waals surface area contributed by atoms with Crippen LogP contribution < -0.4 is 0 Å². The molecule has 0 aromatic carbocycles. The lowest BCUT2D eigenvalue weighted by atomic mass is 9.49. The van der Waals surface area contributed by atoms with E-state index < -0.39 is 40.6 Å². The highest BCUT2D eigenvalue weighted by Gasteiger charge is 2.81. The fourth-order valence-electron chi connectivity index (χ4n) is 6.08. The monoisotopic (exact) mass is 362 g/mol. The number of rotatable bonds is 1. The van der Waals surface area contributed by atoms with Crippen molar-refractivity contribution in [2.45, 2.75) is 77.0 Å². The lowest BCUT2D eigenvalue weighted by Crippen LogP contribution is -2.56. The first-order valence-electron chi connectivity index (χ1n) is 10.1. The number of carbonyl (C=O) groups excluding carboxylic acids is 4. The zero-order chi connectivity index (χ0) is 18.4. The van der Waals surface area contributed by atoms with Crippen LogP contribution in [-0.4, -0.2) is 23.9 Å². The molecule has 0 N–H and O–H groups in total. The summed E-state index contributed by atoms with van der Waals surface area (Å²) in [5, 5.41) is 0. The van der Waals surface area contributed by atoms with Gasteiger partial charge in [0.25, 0.3) is 0 Å². The SMILES string of the molecule is O=C1OC(=O)C23C(=O)OC(=O)C2(C2CCCCCCC2)CCCCCC13. The molecule has 3 atom stereocenters. The van der Waals surface area contributed by atoms with E-state index in [0.29, 0.717) is 12.8 Å². The number of hydrogen-bond acceptors (Lipinski definition) is 6. The van der Waals surface area contributed by atoms with Crippen LogP contribution in [0.25, 0.3) is 0 Å². The largest absolute Gasteiger partial charge is 0.392 e. The van der Waals surface area contributed by atoms with Gasteiger partial charge in [-0.2, -0.15) is 0 Å². The van der Waals surface area contributed by atoms with E-state index in [9.17, 15) is 19.2 Å². The summed E-state index contributed by atoms with van der Waals surface area (Å²) in [6, 6.07) is 0. The summed E-state index contributed by atoms with van der Waals surface area (Å²) >= 11 is 0. The predicted octanol–water partition coefficient (Wildman–Crippen LogP) is 3.07. The molecule has 4 rings (SSSR count). The summed E-state index contributed by atoms with van der Waals surface area (Å²) in [6.45, 7) is 0. The summed E-state index contributed by atoms with van der Waals surface area (Å²) in [6.07, 6.45) is 10.1. The topological polar surface area (TPSA) is 86.7 Å². The summed E-state index contributed by atoms with van der Waals surface area (Å²) in [5.74, 6) is -3.91. The molecule has 2 heterocycles. The lowest BCUT2D eigenvalue weighted by Gasteiger charge is -2.44. The Labute approximate surface area is 153 Å². The first-order valence-corrected chi connectivity index (χ1v) is 10.1. The third-order valence-electron chi connectivity index (χ3n) is 7.26. The smallest absolute Gasteiger partial charge is 0.333 e. The molecule has 0 amide bonds. The molecule has 0 aromatic heterocycles. The second-order valence-corrected chi connectivity index (χ2v) is 8.36. The van der Waals surface area contributed by atoms with Crippen LogP contribution in [0.15, 0.2) is 0 Å². The number of hydrogen-bond donors (Lipinski definition) is 0. The van der Waals surface area contributed by atoms with Crippen molar-refractivity contribution >= 4 is 23.9 Å². The van der Waals surface area contributed by atoms with Crippen LogP contribution >= 0.6 is 0 Å². The minimum absolute atomic E-state index is 0.110. The maximum absolute atomic E-state index is 13.1. The van der Waals surface area contributed by atoms with E-state index in [2.05, 4.69) is 0 Å². The maximum Gasteiger partial charge on any atom is 0.333 e. The van der Waals surface area contributed by atoms with Gasteiger partial charge in [-0.3, -0.25) is 19.2 Å². The molecule has 0 aromatic rings. The van der Waals surface area contributed by atoms with Gasteiger partial charge in [-0.15, -0.1) is 0 Å². The Morgan fingerprint density at radius 1 is 0.654 bits per heavy atom. The zero-order valence-corrected chi connectivity index (χ0v) is 15.1. The zero-order valence-electron chi connectivity index (χ0n) is 15.1. The lowest BCUT2D eigenvalue weighted by molar-refractivity contribution is -0.166. The van der Waals surface area contributed by atoms with Crippen molar-refractivity contribution in [1.29, 1.82) is 0 Å². The highest BCUT2D eigenvalue weighted by atomic mass is 16.6. The number of cyclic esters (lactones) is 4. The second-order valence-electron chi connectivity index (χ2n) is 8.36. The van der Waals surface area contributed by atoms with Crippen LogP contribution in [0.2, 0.25) is 0 Å². The van der Waals surface area contributed by atoms with Gasteiger partial charge < -0.3 is 9.47 Å². The van der Waals surface area contributed by atoms with Crippen molar-refractivity contribution in [3.8, 4) is 0 Å². The molecule has 4 aliphatic rings. The average Bonchev–Trinajstić information content (AvgIpc) is 2.91. The van der Waals surface area contributed by atoms with Crippen LogP contribution in [0.3, 0.4) is 0 Å². The van der Waals surface area contributed by atoms with Crippen LogP contribution in [0.1, 0.15) is 77.0 Å². The number of esters is 4. The van der Waals surface area contributed by atoms with E-state index >= 15 is 0 Å². The van der Waals surface area contributed by atoms with Crippen LogP contribution in [0, 0.1) is 22.7 Å². The van der Waals surface area contributed by atoms with E-state index in [1.54, 1.807) is 0 Å². The Morgan fingerprint density at radius 3 is 1.96 bits per heavy atom. The van der Waals surface area contributed by atoms with E-state index in [1.165, 1.54) is 6.42 Å². The van der Waals surface area contributed by atoms with Crippen LogP contribution in [-0.2, 0) is 28.7 Å². The van der Waals surface area contributed by atoms with Crippen molar-refractivity contribution in [2.75, 3.05) is 0 Å². The Bertz CT molecular complexity index is 637. The van der Waals surface area contributed by atoms with Crippen molar-refractivity contribution in [3.63, 3.8) is 0 Å². The summed E-state index contributed by atoms with van der Waals surface area (Å²) in [7, 11) is 0. The van der Waals surface area contributed by atoms with Crippen molar-refractivity contribution in [3.05, 3.63) is 0 Å². The second kappa shape index (κ2) is 6.46. The molecule has 3 unspecified atom stereocenters. The quantitative estimate of drug-likeness (QED) is 0.526. The van der Waals surface area contributed by atoms with Crippen molar-refractivity contribution < 1.29 is 28.7 Å². The molecule has 2 aliphatic carbocycles. The first-order chi connectivity index (χ1) is 12.5. The molecular formula is C20H26O6. The molecule has 0 radical (unpaired) electrons. The van der Waals surface area contributed by atoms with E-state index in [1.807, 2.05) is 0 Å². The number of ether oxygens (including phenoxy) is 2. The van der Waals surface area contributed by atoms with Gasteiger partial charge in [0, 0.05) is 0 Å². The van der Waals surface area contributed by atoms with Gasteiger partial charge in [-0.25, -0.2) is 0 Å². The van der Waals surface area contributed by atoms with Crippen molar-refractivity contribution in [2.24, 2.45) is 22.7 Å². The number of carbonyl (C=O) groups is 4. The van der Waals surface area contributed by atoms with Gasteiger partial charge in [-0.05, 0) is 31.6 Å². The molecular weight excluding hydrogens is 336 g/mol. The Morgan fingerprint density at radius 2 is 1.23 bits per heavy atom. The first kappa shape index (κ1) is 17.7. The van der Waals surface area contributed by atoms with Crippen LogP contribution in [0.4, 0.5) is 0 Å². The minimum atomic E-state index is -1.74. The predicted molar refractivity (Wildman–Crippen MR) is 89.4 cm³/mol. The summed E-state index contributed by atoms with van der Waals surface area (Å²) in [5.41, 5.74) is -2.97. The molecule has 26 heavy (non-hydrogen) atoms. The highest BCUT2D eigenvalue weighted by molar-refractivity contribution is 6.20. The van der Waals surface area contributed by atoms with E-state index in [0.717, 1.165) is 57.8 Å². The fraction of sp³-hybridized carbons (Fsp3) is 0.800. The fourth-order valence-corrected chi connectivity index (χ4v) is 6.08. The molecule has 6 nitrogen and oxygen atoms in total. The van der Waals surface area contributed by atoms with Gasteiger partial charge in [0.15, 0.2) is 5.41 Å². The summed E-state index contributed by atoms with van der Waals surface area (Å²) in [4.78, 5) is 51.5. The van der Waals surface area contributed by atoms with Crippen molar-refractivity contribution in [1.82, 2.24) is 0 Å². The van der Waals surface area contributed by atoms with Gasteiger partial charge in [0.2, 0.25) is 0 Å². The third kappa shape index (κ3) is 2.16. The molecule has 2 aliphatic heterocycles. The standard InChI is InChI=1S/C20H26O6/c21-15-14-11-7-4-8-12-19(13-9-5-2-1-3-6-10-13)16(22)26-18(24)20(14,19)17(23)25-15/h13-14H,1-12H2. The average molecular weight is 362 g/mol. The molecule has 2 saturated carbocycles. The molecule has 6 heteroatoms. The van der Waals surface area contributed by atoms with Gasteiger partial charge >= 0.3 is 23.9 Å². The van der Waals surface area contributed by atoms with E-state index in [-0.39, 0.29) is 5.92 Å².